The number of halogens is 1. The molecule has 0 saturated carbocycles. The van der Waals surface area contributed by atoms with Crippen LogP contribution in [0.3, 0.4) is 0 Å². The van der Waals surface area contributed by atoms with Crippen molar-refractivity contribution in [2.45, 2.75) is 0 Å². The van der Waals surface area contributed by atoms with E-state index < -0.39 is 9.84 Å². The molecule has 1 rings (SSSR count). The number of hydrogen-bond acceptors (Lipinski definition) is 6. The molecular weight excluding hydrogens is 272 g/mol. The van der Waals surface area contributed by atoms with Gasteiger partial charge in [0, 0.05) is 19.8 Å². The average molecular weight is 283 g/mol. The lowest BCUT2D eigenvalue weighted by Gasteiger charge is -2.14. The van der Waals surface area contributed by atoms with Gasteiger partial charge in [-0.15, -0.1) is 0 Å². The summed E-state index contributed by atoms with van der Waals surface area (Å²) in [6.07, 6.45) is 1.81. The van der Waals surface area contributed by atoms with Gasteiger partial charge in [0.2, 0.25) is 0 Å². The molecule has 0 N–H and O–H groups in total. The Labute approximate surface area is 103 Å². The number of nitrogens with zero attached hydrogens (tertiary/aromatic N) is 2. The SMILES string of the molecule is CN(CCS(C)(=O)=O)c1nc(Cl)c(C=O)s1. The van der Waals surface area contributed by atoms with Gasteiger partial charge in [-0.1, -0.05) is 22.9 Å². The smallest absolute Gasteiger partial charge is 0.187 e. The van der Waals surface area contributed by atoms with Crippen LogP contribution in [0.15, 0.2) is 0 Å². The van der Waals surface area contributed by atoms with E-state index in [9.17, 15) is 13.2 Å². The highest BCUT2D eigenvalue weighted by atomic mass is 35.5. The van der Waals surface area contributed by atoms with Crippen LogP contribution in [0.2, 0.25) is 5.15 Å². The second-order valence-corrected chi connectivity index (χ2v) is 6.95. The topological polar surface area (TPSA) is 67.3 Å². The summed E-state index contributed by atoms with van der Waals surface area (Å²) in [4.78, 5) is 16.5. The zero-order valence-corrected chi connectivity index (χ0v) is 11.2. The quantitative estimate of drug-likeness (QED) is 0.756. The predicted octanol–water partition coefficient (Wildman–Crippen LogP) is 1.09. The summed E-state index contributed by atoms with van der Waals surface area (Å²) in [6, 6.07) is 0. The lowest BCUT2D eigenvalue weighted by Crippen LogP contribution is -2.24. The summed E-state index contributed by atoms with van der Waals surface area (Å²) < 4.78 is 21.9. The van der Waals surface area contributed by atoms with E-state index in [1.54, 1.807) is 11.9 Å². The summed E-state index contributed by atoms with van der Waals surface area (Å²) in [5.74, 6) is 0.0388. The van der Waals surface area contributed by atoms with Crippen LogP contribution < -0.4 is 4.90 Å². The van der Waals surface area contributed by atoms with Crippen LogP contribution in [0, 0.1) is 0 Å². The molecule has 0 aliphatic rings. The summed E-state index contributed by atoms with van der Waals surface area (Å²) in [5, 5.41) is 0.692. The van der Waals surface area contributed by atoms with E-state index in [2.05, 4.69) is 4.98 Å². The van der Waals surface area contributed by atoms with Crippen molar-refractivity contribution >= 4 is 44.2 Å². The maximum absolute atomic E-state index is 11.0. The van der Waals surface area contributed by atoms with Gasteiger partial charge in [0.15, 0.2) is 16.6 Å². The molecule has 1 aromatic rings. The van der Waals surface area contributed by atoms with Crippen LogP contribution >= 0.6 is 22.9 Å². The molecule has 0 amide bonds. The third kappa shape index (κ3) is 3.73. The third-order valence-corrected chi connectivity index (χ3v) is 4.25. The first-order valence-corrected chi connectivity index (χ1v) is 7.59. The zero-order valence-electron chi connectivity index (χ0n) is 8.81. The molecule has 16 heavy (non-hydrogen) atoms. The minimum atomic E-state index is -3.00. The molecule has 0 saturated heterocycles. The summed E-state index contributed by atoms with van der Waals surface area (Å²) in [6.45, 7) is 0.320. The fourth-order valence-electron chi connectivity index (χ4n) is 0.937. The van der Waals surface area contributed by atoms with Crippen LogP contribution in [0.5, 0.6) is 0 Å². The number of carbonyl (C=O) groups excluding carboxylic acids is 1. The van der Waals surface area contributed by atoms with Crippen molar-refractivity contribution < 1.29 is 13.2 Å². The van der Waals surface area contributed by atoms with E-state index in [1.807, 2.05) is 0 Å². The largest absolute Gasteiger partial charge is 0.350 e. The van der Waals surface area contributed by atoms with E-state index in [4.69, 9.17) is 11.6 Å². The summed E-state index contributed by atoms with van der Waals surface area (Å²) in [5.41, 5.74) is 0. The number of aromatic nitrogens is 1. The Balaban J connectivity index is 2.73. The van der Waals surface area contributed by atoms with Gasteiger partial charge in [0.05, 0.1) is 5.75 Å². The number of sulfone groups is 1. The standard InChI is InChI=1S/C8H11ClN2O3S2/c1-11(3-4-16(2,13)14)8-10-7(9)6(5-12)15-8/h5H,3-4H2,1-2H3. The second-order valence-electron chi connectivity index (χ2n) is 3.32. The molecule has 5 nitrogen and oxygen atoms in total. The van der Waals surface area contributed by atoms with Gasteiger partial charge in [-0.2, -0.15) is 0 Å². The molecule has 0 unspecified atom stereocenters. The highest BCUT2D eigenvalue weighted by Crippen LogP contribution is 2.27. The molecule has 0 atom stereocenters. The van der Waals surface area contributed by atoms with Crippen molar-refractivity contribution in [3.8, 4) is 0 Å². The van der Waals surface area contributed by atoms with Crippen molar-refractivity contribution in [1.82, 2.24) is 4.98 Å². The lowest BCUT2D eigenvalue weighted by molar-refractivity contribution is 0.112. The third-order valence-electron chi connectivity index (χ3n) is 1.83. The molecule has 0 aliphatic heterocycles. The fraction of sp³-hybridized carbons (Fsp3) is 0.500. The molecule has 1 heterocycles. The Kier molecular flexibility index (Phi) is 4.28. The van der Waals surface area contributed by atoms with Crippen molar-refractivity contribution in [2.75, 3.05) is 30.5 Å². The Morgan fingerprint density at radius 3 is 2.62 bits per heavy atom. The van der Waals surface area contributed by atoms with E-state index in [-0.39, 0.29) is 10.9 Å². The Bertz CT molecular complexity index is 483. The van der Waals surface area contributed by atoms with Gasteiger partial charge in [-0.3, -0.25) is 4.79 Å². The molecule has 8 heteroatoms. The first-order valence-electron chi connectivity index (χ1n) is 4.34. The van der Waals surface area contributed by atoms with Crippen LogP contribution in [-0.2, 0) is 9.84 Å². The van der Waals surface area contributed by atoms with Gasteiger partial charge in [-0.05, 0) is 0 Å². The van der Waals surface area contributed by atoms with E-state index >= 15 is 0 Å². The Hall–Kier alpha value is -0.660. The molecule has 0 radical (unpaired) electrons. The van der Waals surface area contributed by atoms with E-state index in [0.29, 0.717) is 22.8 Å². The van der Waals surface area contributed by atoms with Crippen molar-refractivity contribution in [2.24, 2.45) is 0 Å². The van der Waals surface area contributed by atoms with Gasteiger partial charge in [-0.25, -0.2) is 13.4 Å². The summed E-state index contributed by atoms with van der Waals surface area (Å²) >= 11 is 6.84. The monoisotopic (exact) mass is 282 g/mol. The number of hydrogen-bond donors (Lipinski definition) is 0. The highest BCUT2D eigenvalue weighted by Gasteiger charge is 2.13. The molecule has 0 aliphatic carbocycles. The number of aldehydes is 1. The van der Waals surface area contributed by atoms with Gasteiger partial charge >= 0.3 is 0 Å². The fourth-order valence-corrected chi connectivity index (χ4v) is 2.59. The number of anilines is 1. The Morgan fingerprint density at radius 2 is 2.19 bits per heavy atom. The first kappa shape index (κ1) is 13.4. The number of carbonyl (C=O) groups is 1. The first-order chi connectivity index (χ1) is 7.33. The van der Waals surface area contributed by atoms with Gasteiger partial charge < -0.3 is 4.90 Å². The van der Waals surface area contributed by atoms with Crippen LogP contribution in [0.1, 0.15) is 9.67 Å². The molecule has 0 spiro atoms. The minimum Gasteiger partial charge on any atom is -0.350 e. The molecule has 0 bridgehead atoms. The van der Waals surface area contributed by atoms with Crippen molar-refractivity contribution in [3.63, 3.8) is 0 Å². The maximum Gasteiger partial charge on any atom is 0.187 e. The molecule has 1 aromatic heterocycles. The highest BCUT2D eigenvalue weighted by molar-refractivity contribution is 7.90. The molecular formula is C8H11ClN2O3S2. The average Bonchev–Trinajstić information content (AvgIpc) is 2.55. The normalized spacial score (nSPS) is 11.4. The van der Waals surface area contributed by atoms with Crippen molar-refractivity contribution in [1.29, 1.82) is 0 Å². The second kappa shape index (κ2) is 5.11. The van der Waals surface area contributed by atoms with Crippen LogP contribution in [0.25, 0.3) is 0 Å². The predicted molar refractivity (Wildman–Crippen MR) is 65.5 cm³/mol. The molecule has 0 aromatic carbocycles. The maximum atomic E-state index is 11.0. The molecule has 90 valence electrons. The van der Waals surface area contributed by atoms with E-state index in [1.165, 1.54) is 6.26 Å². The minimum absolute atomic E-state index is 0.0388. The Morgan fingerprint density at radius 1 is 1.56 bits per heavy atom. The van der Waals surface area contributed by atoms with Gasteiger partial charge in [0.25, 0.3) is 0 Å². The summed E-state index contributed by atoms with van der Waals surface area (Å²) in [7, 11) is -1.30. The van der Waals surface area contributed by atoms with Crippen LogP contribution in [-0.4, -0.2) is 45.3 Å². The zero-order chi connectivity index (χ0) is 12.3. The van der Waals surface area contributed by atoms with Crippen molar-refractivity contribution in [3.05, 3.63) is 10.0 Å². The number of thiazole rings is 1. The van der Waals surface area contributed by atoms with Gasteiger partial charge in [0.1, 0.15) is 14.7 Å². The lowest BCUT2D eigenvalue weighted by atomic mass is 10.6. The van der Waals surface area contributed by atoms with E-state index in [0.717, 1.165) is 11.3 Å². The van der Waals surface area contributed by atoms with Crippen LogP contribution in [0.4, 0.5) is 5.13 Å². The number of rotatable bonds is 5. The molecule has 0 fully saturated rings.